The molecular weight excluding hydrogens is 351 g/mol. The van der Waals surface area contributed by atoms with Crippen LogP contribution in [0, 0.1) is 34.6 Å². The lowest BCUT2D eigenvalue weighted by molar-refractivity contribution is -0.141. The quantitative estimate of drug-likeness (QED) is 0.445. The molecule has 8 heteroatoms. The number of hydrogen-bond donors (Lipinski definition) is 0. The highest BCUT2D eigenvalue weighted by atomic mass is 32.2. The summed E-state index contributed by atoms with van der Waals surface area (Å²) in [6, 6.07) is 1.51. The molecule has 0 radical (unpaired) electrons. The fraction of sp³-hybridized carbons (Fsp3) is 0.471. The summed E-state index contributed by atoms with van der Waals surface area (Å²) in [7, 11) is 0. The number of halogens is 3. The van der Waals surface area contributed by atoms with Gasteiger partial charge in [0.1, 0.15) is 6.54 Å². The maximum Gasteiger partial charge on any atom is 0.406 e. The highest BCUT2D eigenvalue weighted by Gasteiger charge is 2.30. The number of carbonyl (C=O) groups is 1. The highest BCUT2D eigenvalue weighted by Crippen LogP contribution is 2.25. The van der Waals surface area contributed by atoms with Gasteiger partial charge in [-0.3, -0.25) is 4.79 Å². The Bertz CT molecular complexity index is 789. The maximum absolute atomic E-state index is 12.7. The number of carbonyl (C=O) groups excluding carboxylic acids is 1. The van der Waals surface area contributed by atoms with E-state index in [4.69, 9.17) is 0 Å². The van der Waals surface area contributed by atoms with Gasteiger partial charge in [-0.25, -0.2) is 9.97 Å². The van der Waals surface area contributed by atoms with Crippen molar-refractivity contribution >= 4 is 17.5 Å². The minimum absolute atomic E-state index is 0.0816. The number of nitrogens with zero attached hydrogens (tertiary/aromatic N) is 3. The van der Waals surface area contributed by atoms with Crippen molar-refractivity contribution in [1.29, 1.82) is 0 Å². The van der Waals surface area contributed by atoms with Crippen molar-refractivity contribution < 1.29 is 18.0 Å². The molecule has 4 nitrogen and oxygen atoms in total. The lowest BCUT2D eigenvalue weighted by Gasteiger charge is -2.12. The predicted octanol–water partition coefficient (Wildman–Crippen LogP) is 4.36. The van der Waals surface area contributed by atoms with Gasteiger partial charge in [-0.1, -0.05) is 11.8 Å². The standard InChI is InChI=1S/C17H20F3N3OS/c1-9-6-14(13(5)23(9)8-17(18,19)20)15(24)7-25-16-21-11(3)10(2)12(4)22-16/h6H,7-8H2,1-5H3. The van der Waals surface area contributed by atoms with Crippen molar-refractivity contribution in [3.63, 3.8) is 0 Å². The molecule has 25 heavy (non-hydrogen) atoms. The number of ketones is 1. The summed E-state index contributed by atoms with van der Waals surface area (Å²) in [5.74, 6) is -0.149. The predicted molar refractivity (Wildman–Crippen MR) is 91.3 cm³/mol. The smallest absolute Gasteiger partial charge is 0.339 e. The van der Waals surface area contributed by atoms with Crippen LogP contribution in [0.3, 0.4) is 0 Å². The Labute approximate surface area is 148 Å². The third kappa shape index (κ3) is 4.62. The summed E-state index contributed by atoms with van der Waals surface area (Å²) in [5.41, 5.74) is 3.77. The van der Waals surface area contributed by atoms with Crippen LogP contribution in [0.15, 0.2) is 11.2 Å². The van der Waals surface area contributed by atoms with E-state index in [1.54, 1.807) is 6.92 Å². The van der Waals surface area contributed by atoms with Crippen LogP contribution in [0.2, 0.25) is 0 Å². The van der Waals surface area contributed by atoms with Gasteiger partial charge < -0.3 is 4.57 Å². The molecule has 0 aliphatic carbocycles. The number of aromatic nitrogens is 3. The third-order valence-corrected chi connectivity index (χ3v) is 5.00. The molecule has 2 heterocycles. The van der Waals surface area contributed by atoms with Crippen molar-refractivity contribution in [3.05, 3.63) is 40.0 Å². The van der Waals surface area contributed by atoms with E-state index < -0.39 is 12.7 Å². The van der Waals surface area contributed by atoms with E-state index in [1.165, 1.54) is 24.8 Å². The number of aryl methyl sites for hydroxylation is 3. The molecule has 0 aliphatic heterocycles. The average Bonchev–Trinajstić information content (AvgIpc) is 2.76. The molecule has 0 saturated heterocycles. The Hall–Kier alpha value is -1.83. The van der Waals surface area contributed by atoms with Crippen molar-refractivity contribution in [2.24, 2.45) is 0 Å². The maximum atomic E-state index is 12.7. The normalized spacial score (nSPS) is 11.8. The van der Waals surface area contributed by atoms with Crippen molar-refractivity contribution in [2.75, 3.05) is 5.75 Å². The second kappa shape index (κ2) is 7.19. The number of hydrogen-bond acceptors (Lipinski definition) is 4. The largest absolute Gasteiger partial charge is 0.406 e. The Morgan fingerprint density at radius 3 is 2.20 bits per heavy atom. The molecule has 0 amide bonds. The molecular formula is C17H20F3N3OS. The van der Waals surface area contributed by atoms with E-state index in [9.17, 15) is 18.0 Å². The lowest BCUT2D eigenvalue weighted by Crippen LogP contribution is -2.19. The Kier molecular flexibility index (Phi) is 5.61. The molecule has 0 saturated carbocycles. The molecule has 0 atom stereocenters. The van der Waals surface area contributed by atoms with E-state index in [2.05, 4.69) is 9.97 Å². The number of Topliss-reactive ketones (excluding diaryl/α,β-unsaturated/α-hetero) is 1. The second-order valence-electron chi connectivity index (χ2n) is 6.00. The molecule has 0 aliphatic rings. The topological polar surface area (TPSA) is 47.8 Å². The van der Waals surface area contributed by atoms with Crippen LogP contribution in [0.1, 0.15) is 38.7 Å². The summed E-state index contributed by atoms with van der Waals surface area (Å²) in [4.78, 5) is 21.1. The van der Waals surface area contributed by atoms with Gasteiger partial charge in [-0.15, -0.1) is 0 Å². The van der Waals surface area contributed by atoms with Crippen LogP contribution in [-0.4, -0.2) is 32.2 Å². The summed E-state index contributed by atoms with van der Waals surface area (Å²) < 4.78 is 39.1. The van der Waals surface area contributed by atoms with Crippen LogP contribution < -0.4 is 0 Å². The monoisotopic (exact) mass is 371 g/mol. The fourth-order valence-corrected chi connectivity index (χ4v) is 3.34. The van der Waals surface area contributed by atoms with Gasteiger partial charge in [0, 0.05) is 28.3 Å². The average molecular weight is 371 g/mol. The fourth-order valence-electron chi connectivity index (χ4n) is 2.52. The molecule has 0 aromatic carbocycles. The molecule has 136 valence electrons. The number of thioether (sulfide) groups is 1. The third-order valence-electron chi connectivity index (χ3n) is 4.16. The van der Waals surface area contributed by atoms with Gasteiger partial charge >= 0.3 is 6.18 Å². The van der Waals surface area contributed by atoms with Crippen LogP contribution in [0.4, 0.5) is 13.2 Å². The first-order valence-corrected chi connectivity index (χ1v) is 8.69. The minimum Gasteiger partial charge on any atom is -0.339 e. The van der Waals surface area contributed by atoms with Crippen LogP contribution in [0.5, 0.6) is 0 Å². The van der Waals surface area contributed by atoms with E-state index in [1.807, 2.05) is 20.8 Å². The Morgan fingerprint density at radius 2 is 1.68 bits per heavy atom. The molecule has 2 aromatic rings. The first-order valence-electron chi connectivity index (χ1n) is 7.71. The van der Waals surface area contributed by atoms with E-state index in [0.29, 0.717) is 22.1 Å². The van der Waals surface area contributed by atoms with Gasteiger partial charge in [0.05, 0.1) is 5.75 Å². The Morgan fingerprint density at radius 1 is 1.12 bits per heavy atom. The second-order valence-corrected chi connectivity index (χ2v) is 6.94. The van der Waals surface area contributed by atoms with Crippen LogP contribution in [0.25, 0.3) is 0 Å². The van der Waals surface area contributed by atoms with E-state index in [0.717, 1.165) is 21.5 Å². The van der Waals surface area contributed by atoms with Gasteiger partial charge in [-0.2, -0.15) is 13.2 Å². The lowest BCUT2D eigenvalue weighted by atomic mass is 10.2. The summed E-state index contributed by atoms with van der Waals surface area (Å²) >= 11 is 1.19. The highest BCUT2D eigenvalue weighted by molar-refractivity contribution is 7.99. The van der Waals surface area contributed by atoms with Crippen LogP contribution >= 0.6 is 11.8 Å². The van der Waals surface area contributed by atoms with E-state index in [-0.39, 0.29) is 11.5 Å². The summed E-state index contributed by atoms with van der Waals surface area (Å²) in [6.45, 7) is 7.69. The molecule has 0 N–H and O–H groups in total. The summed E-state index contributed by atoms with van der Waals surface area (Å²) in [5, 5.41) is 0.498. The molecule has 2 aromatic heterocycles. The first kappa shape index (κ1) is 19.5. The van der Waals surface area contributed by atoms with Gasteiger partial charge in [0.15, 0.2) is 10.9 Å². The zero-order chi connectivity index (χ0) is 18.9. The number of rotatable bonds is 5. The zero-order valence-electron chi connectivity index (χ0n) is 14.8. The van der Waals surface area contributed by atoms with E-state index >= 15 is 0 Å². The van der Waals surface area contributed by atoms with Gasteiger partial charge in [-0.05, 0) is 46.2 Å². The molecule has 2 rings (SSSR count). The SMILES string of the molecule is Cc1nc(SCC(=O)c2cc(C)n(CC(F)(F)F)c2C)nc(C)c1C. The molecule has 0 bridgehead atoms. The van der Waals surface area contributed by atoms with Crippen molar-refractivity contribution in [2.45, 2.75) is 52.5 Å². The number of alkyl halides is 3. The van der Waals surface area contributed by atoms with Crippen molar-refractivity contribution in [3.8, 4) is 0 Å². The molecule has 0 fully saturated rings. The van der Waals surface area contributed by atoms with Crippen LogP contribution in [-0.2, 0) is 6.54 Å². The summed E-state index contributed by atoms with van der Waals surface area (Å²) in [6.07, 6.45) is -4.33. The van der Waals surface area contributed by atoms with Crippen molar-refractivity contribution in [1.82, 2.24) is 14.5 Å². The molecule has 0 unspecified atom stereocenters. The first-order chi connectivity index (χ1) is 11.5. The van der Waals surface area contributed by atoms with Gasteiger partial charge in [0.2, 0.25) is 0 Å². The molecule has 0 spiro atoms. The zero-order valence-corrected chi connectivity index (χ0v) is 15.6. The van der Waals surface area contributed by atoms with Gasteiger partial charge in [0.25, 0.3) is 0 Å². The Balaban J connectivity index is 2.15. The minimum atomic E-state index is -4.33.